The van der Waals surface area contributed by atoms with Crippen LogP contribution in [0, 0.1) is 0 Å². The van der Waals surface area contributed by atoms with Crippen LogP contribution in [0.3, 0.4) is 0 Å². The number of halogens is 1. The number of anilines is 1. The first kappa shape index (κ1) is 22.4. The first-order chi connectivity index (χ1) is 12.9. The van der Waals surface area contributed by atoms with Gasteiger partial charge in [-0.25, -0.2) is 8.42 Å². The van der Waals surface area contributed by atoms with Gasteiger partial charge in [-0.15, -0.1) is 10.2 Å². The molecule has 7 nitrogen and oxygen atoms in total. The van der Waals surface area contributed by atoms with Crippen LogP contribution in [0.15, 0.2) is 33.5 Å². The zero-order valence-corrected chi connectivity index (χ0v) is 18.7. The molecule has 0 radical (unpaired) electrons. The van der Waals surface area contributed by atoms with Gasteiger partial charge in [0.2, 0.25) is 21.1 Å². The first-order valence-electron chi connectivity index (χ1n) is 7.89. The van der Waals surface area contributed by atoms with Crippen LogP contribution >= 0.6 is 46.5 Å². The highest BCUT2D eigenvalue weighted by atomic mass is 35.5. The minimum atomic E-state index is -3.86. The monoisotopic (exact) mass is 466 g/mol. The standard InChI is InChI=1S/C15H19ClN4O3S4/c1-3-25-15-19-18-14(26-15)17-13(21)12(8-9-24-2)20-27(22,23)11-6-4-10(16)5-7-11/h4-7,12,20H,3,8-9H2,1-2H3,(H,17,18,21). The number of nitrogens with one attached hydrogen (secondary N) is 2. The lowest BCUT2D eigenvalue weighted by Crippen LogP contribution is -2.44. The van der Waals surface area contributed by atoms with Crippen molar-refractivity contribution < 1.29 is 13.2 Å². The number of sulfonamides is 1. The van der Waals surface area contributed by atoms with E-state index in [0.717, 1.165) is 10.1 Å². The van der Waals surface area contributed by atoms with Crippen LogP contribution in [0.2, 0.25) is 5.02 Å². The summed E-state index contributed by atoms with van der Waals surface area (Å²) < 4.78 is 28.4. The molecule has 1 aromatic carbocycles. The van der Waals surface area contributed by atoms with Crippen molar-refractivity contribution in [1.29, 1.82) is 0 Å². The quantitative estimate of drug-likeness (QED) is 0.409. The SMILES string of the molecule is CCSc1nnc(NC(=O)C(CCSC)NS(=O)(=O)c2ccc(Cl)cc2)s1. The molecule has 0 aliphatic rings. The third kappa shape index (κ3) is 6.91. The van der Waals surface area contributed by atoms with Crippen molar-refractivity contribution in [2.24, 2.45) is 0 Å². The number of thioether (sulfide) groups is 2. The van der Waals surface area contributed by atoms with Crippen LogP contribution in [0.4, 0.5) is 5.13 Å². The summed E-state index contributed by atoms with van der Waals surface area (Å²) in [4.78, 5) is 12.7. The molecular weight excluding hydrogens is 448 g/mol. The van der Waals surface area contributed by atoms with Crippen molar-refractivity contribution in [3.63, 3.8) is 0 Å². The van der Waals surface area contributed by atoms with Crippen molar-refractivity contribution in [1.82, 2.24) is 14.9 Å². The molecule has 1 atom stereocenters. The van der Waals surface area contributed by atoms with Crippen molar-refractivity contribution >= 4 is 67.5 Å². The van der Waals surface area contributed by atoms with Crippen LogP contribution in [0.5, 0.6) is 0 Å². The van der Waals surface area contributed by atoms with Gasteiger partial charge in [-0.3, -0.25) is 10.1 Å². The number of hydrogen-bond donors (Lipinski definition) is 2. The summed E-state index contributed by atoms with van der Waals surface area (Å²) in [6, 6.07) is 4.84. The third-order valence-electron chi connectivity index (χ3n) is 3.25. The summed E-state index contributed by atoms with van der Waals surface area (Å²) in [5.74, 6) is 1.000. The number of benzene rings is 1. The van der Waals surface area contributed by atoms with Crippen LogP contribution in [-0.2, 0) is 14.8 Å². The summed E-state index contributed by atoms with van der Waals surface area (Å²) in [7, 11) is -3.86. The number of hydrogen-bond acceptors (Lipinski definition) is 8. The fraction of sp³-hybridized carbons (Fsp3) is 0.400. The van der Waals surface area contributed by atoms with Crippen LogP contribution in [-0.4, -0.2) is 48.3 Å². The van der Waals surface area contributed by atoms with E-state index in [9.17, 15) is 13.2 Å². The molecule has 12 heteroatoms. The van der Waals surface area contributed by atoms with Crippen molar-refractivity contribution in [2.75, 3.05) is 23.1 Å². The van der Waals surface area contributed by atoms with Gasteiger partial charge in [-0.2, -0.15) is 16.5 Å². The lowest BCUT2D eigenvalue weighted by molar-refractivity contribution is -0.117. The van der Waals surface area contributed by atoms with Crippen molar-refractivity contribution in [3.8, 4) is 0 Å². The van der Waals surface area contributed by atoms with Crippen molar-refractivity contribution in [2.45, 2.75) is 28.6 Å². The Morgan fingerprint density at radius 3 is 2.63 bits per heavy atom. The number of nitrogens with zero attached hydrogens (tertiary/aromatic N) is 2. The van der Waals surface area contributed by atoms with Gasteiger partial charge in [0.25, 0.3) is 0 Å². The normalized spacial score (nSPS) is 12.7. The highest BCUT2D eigenvalue weighted by Crippen LogP contribution is 2.25. The largest absolute Gasteiger partial charge is 0.299 e. The highest BCUT2D eigenvalue weighted by molar-refractivity contribution is 8.01. The van der Waals surface area contributed by atoms with Gasteiger partial charge in [0.15, 0.2) is 4.34 Å². The highest BCUT2D eigenvalue weighted by Gasteiger charge is 2.26. The van der Waals surface area contributed by atoms with Crippen LogP contribution < -0.4 is 10.0 Å². The molecule has 27 heavy (non-hydrogen) atoms. The summed E-state index contributed by atoms with van der Waals surface area (Å²) in [5.41, 5.74) is 0. The maximum Gasteiger partial charge on any atom is 0.244 e. The Hall–Kier alpha value is -0.850. The lowest BCUT2D eigenvalue weighted by Gasteiger charge is -2.17. The van der Waals surface area contributed by atoms with E-state index in [2.05, 4.69) is 20.2 Å². The molecule has 1 aromatic heterocycles. The van der Waals surface area contributed by atoms with E-state index in [1.54, 1.807) is 0 Å². The van der Waals surface area contributed by atoms with Gasteiger partial charge in [0.1, 0.15) is 6.04 Å². The maximum atomic E-state index is 12.6. The Bertz CT molecular complexity index is 858. The molecule has 2 N–H and O–H groups in total. The lowest BCUT2D eigenvalue weighted by atomic mass is 10.2. The average Bonchev–Trinajstić information content (AvgIpc) is 3.06. The van der Waals surface area contributed by atoms with Gasteiger partial charge < -0.3 is 0 Å². The van der Waals surface area contributed by atoms with E-state index >= 15 is 0 Å². The van der Waals surface area contributed by atoms with Gasteiger partial charge in [0, 0.05) is 5.02 Å². The molecule has 1 unspecified atom stereocenters. The predicted octanol–water partition coefficient (Wildman–Crippen LogP) is 3.34. The third-order valence-corrected chi connectivity index (χ3v) is 7.49. The fourth-order valence-electron chi connectivity index (χ4n) is 1.98. The molecule has 1 amide bonds. The number of aromatic nitrogens is 2. The van der Waals surface area contributed by atoms with Crippen LogP contribution in [0.1, 0.15) is 13.3 Å². The number of carbonyl (C=O) groups excluding carboxylic acids is 1. The zero-order chi connectivity index (χ0) is 19.9. The molecule has 0 saturated heterocycles. The molecule has 0 saturated carbocycles. The smallest absolute Gasteiger partial charge is 0.244 e. The van der Waals surface area contributed by atoms with Gasteiger partial charge in [0.05, 0.1) is 4.90 Å². The number of amides is 1. The molecule has 2 aromatic rings. The average molecular weight is 467 g/mol. The summed E-state index contributed by atoms with van der Waals surface area (Å²) in [6.45, 7) is 1.99. The topological polar surface area (TPSA) is 101 Å². The predicted molar refractivity (Wildman–Crippen MR) is 113 cm³/mol. The van der Waals surface area contributed by atoms with E-state index < -0.39 is 22.0 Å². The summed E-state index contributed by atoms with van der Waals surface area (Å²) >= 11 is 10.1. The number of carbonyl (C=O) groups is 1. The Morgan fingerprint density at radius 1 is 1.30 bits per heavy atom. The minimum absolute atomic E-state index is 0.0476. The Kier molecular flexibility index (Phi) is 8.83. The second kappa shape index (κ2) is 10.6. The fourth-order valence-corrected chi connectivity index (χ4v) is 5.46. The maximum absolute atomic E-state index is 12.6. The molecule has 148 valence electrons. The van der Waals surface area contributed by atoms with Gasteiger partial charge in [-0.1, -0.05) is 41.6 Å². The number of rotatable bonds is 10. The van der Waals surface area contributed by atoms with E-state index in [1.807, 2.05) is 13.2 Å². The van der Waals surface area contributed by atoms with Crippen molar-refractivity contribution in [3.05, 3.63) is 29.3 Å². The molecule has 2 rings (SSSR count). The zero-order valence-electron chi connectivity index (χ0n) is 14.6. The summed E-state index contributed by atoms with van der Waals surface area (Å²) in [5, 5.41) is 11.3. The molecule has 0 bridgehead atoms. The Balaban J connectivity index is 2.12. The molecule has 0 spiro atoms. The molecule has 0 aliphatic heterocycles. The second-order valence-electron chi connectivity index (χ2n) is 5.20. The molecule has 0 aliphatic carbocycles. The van der Waals surface area contributed by atoms with Gasteiger partial charge >= 0.3 is 0 Å². The van der Waals surface area contributed by atoms with E-state index in [-0.39, 0.29) is 4.90 Å². The summed E-state index contributed by atoms with van der Waals surface area (Å²) in [6.07, 6.45) is 2.23. The Morgan fingerprint density at radius 2 is 2.00 bits per heavy atom. The van der Waals surface area contributed by atoms with Gasteiger partial charge in [-0.05, 0) is 48.4 Å². The first-order valence-corrected chi connectivity index (χ1v) is 13.0. The van der Waals surface area contributed by atoms with E-state index in [4.69, 9.17) is 11.6 Å². The van der Waals surface area contributed by atoms with E-state index in [1.165, 1.54) is 59.1 Å². The molecule has 1 heterocycles. The minimum Gasteiger partial charge on any atom is -0.299 e. The molecule has 0 fully saturated rings. The second-order valence-corrected chi connectivity index (χ2v) is 10.8. The molecular formula is C15H19ClN4O3S4. The van der Waals surface area contributed by atoms with Crippen LogP contribution in [0.25, 0.3) is 0 Å². The van der Waals surface area contributed by atoms with E-state index in [0.29, 0.717) is 22.3 Å². The Labute approximate surface area is 176 Å².